The monoisotopic (exact) mass is 607 g/mol. The molecule has 0 radical (unpaired) electrons. The average molecular weight is 608 g/mol. The number of carboxylic acid groups (broad SMARTS) is 1. The molecule has 2 fully saturated rings. The summed E-state index contributed by atoms with van der Waals surface area (Å²) in [6, 6.07) is 2.59. The van der Waals surface area contributed by atoms with Crippen molar-refractivity contribution in [2.75, 3.05) is 13.1 Å². The number of rotatable bonds is 8. The van der Waals surface area contributed by atoms with E-state index in [1.807, 2.05) is 6.92 Å². The van der Waals surface area contributed by atoms with Gasteiger partial charge in [0, 0.05) is 43.2 Å². The van der Waals surface area contributed by atoms with Crippen LogP contribution < -0.4 is 4.74 Å². The van der Waals surface area contributed by atoms with Crippen LogP contribution in [0.5, 0.6) is 5.75 Å². The third-order valence-corrected chi connectivity index (χ3v) is 9.72. The second kappa shape index (κ2) is 11.8. The Morgan fingerprint density at radius 3 is 2.67 bits per heavy atom. The number of nitrogens with zero attached hydrogens (tertiary/aromatic N) is 5. The van der Waals surface area contributed by atoms with Gasteiger partial charge >= 0.3 is 5.97 Å². The quantitative estimate of drug-likeness (QED) is 0.462. The molecule has 0 spiro atoms. The van der Waals surface area contributed by atoms with Gasteiger partial charge in [0.2, 0.25) is 11.8 Å². The van der Waals surface area contributed by atoms with Crippen LogP contribution in [0.25, 0.3) is 0 Å². The zero-order valence-electron chi connectivity index (χ0n) is 24.0. The van der Waals surface area contributed by atoms with Crippen LogP contribution >= 0.6 is 11.6 Å². The summed E-state index contributed by atoms with van der Waals surface area (Å²) in [5.74, 6) is -1.68. The van der Waals surface area contributed by atoms with Crippen molar-refractivity contribution in [2.45, 2.75) is 83.9 Å². The van der Waals surface area contributed by atoms with E-state index in [0.717, 1.165) is 23.1 Å². The van der Waals surface area contributed by atoms with Gasteiger partial charge in [-0.25, -0.2) is 13.5 Å². The number of fused-ring (bicyclic) bond motifs is 1. The van der Waals surface area contributed by atoms with Gasteiger partial charge in [-0.05, 0) is 57.2 Å². The van der Waals surface area contributed by atoms with Crippen molar-refractivity contribution in [1.29, 1.82) is 0 Å². The highest BCUT2D eigenvalue weighted by molar-refractivity contribution is 6.31. The Morgan fingerprint density at radius 2 is 2.00 bits per heavy atom. The van der Waals surface area contributed by atoms with E-state index in [1.165, 1.54) is 7.05 Å². The first kappa shape index (κ1) is 30.2. The fraction of sp³-hybridized carbons (Fsp3) is 0.621. The standard InChI is InChI=1S/C29H36ClF2N5O5/c1-16-7-10-23(38)37(16)14-21-24-17(11-13-36(21)27(39)18-6-4-5-12-29(18,2)28(40)41)19(30)8-9-22(24)42-15-20-25(26(31)32)35(3)34-33-20/h8-9,16,18,21,26H,4-7,10-15H2,1-3H3,(H,40,41)/t16-,18+,21-,29+/m1/s1. The molecule has 2 aromatic rings. The molecule has 42 heavy (non-hydrogen) atoms. The lowest BCUT2D eigenvalue weighted by atomic mass is 9.66. The summed E-state index contributed by atoms with van der Waals surface area (Å²) in [5.41, 5.74) is -0.223. The number of carboxylic acids is 1. The van der Waals surface area contributed by atoms with Crippen molar-refractivity contribution in [3.05, 3.63) is 39.7 Å². The minimum Gasteiger partial charge on any atom is -0.487 e. The number of alkyl halides is 2. The number of amides is 2. The van der Waals surface area contributed by atoms with Gasteiger partial charge in [0.25, 0.3) is 6.43 Å². The van der Waals surface area contributed by atoms with E-state index >= 15 is 0 Å². The Labute approximate surface area is 247 Å². The predicted molar refractivity (Wildman–Crippen MR) is 148 cm³/mol. The van der Waals surface area contributed by atoms with Gasteiger partial charge in [-0.15, -0.1) is 5.10 Å². The van der Waals surface area contributed by atoms with Crippen LogP contribution in [0, 0.1) is 11.3 Å². The summed E-state index contributed by atoms with van der Waals surface area (Å²) in [7, 11) is 1.38. The molecule has 228 valence electrons. The Kier molecular flexibility index (Phi) is 8.46. The molecule has 1 saturated heterocycles. The highest BCUT2D eigenvalue weighted by atomic mass is 35.5. The van der Waals surface area contributed by atoms with Gasteiger partial charge < -0.3 is 19.6 Å². The first-order valence-corrected chi connectivity index (χ1v) is 14.8. The van der Waals surface area contributed by atoms with E-state index in [0.29, 0.717) is 55.0 Å². The second-order valence-electron chi connectivity index (χ2n) is 11.8. The summed E-state index contributed by atoms with van der Waals surface area (Å²) >= 11 is 6.66. The number of benzene rings is 1. The molecule has 1 aromatic carbocycles. The minimum absolute atomic E-state index is 0.0146. The molecular formula is C29H36ClF2N5O5. The maximum atomic E-state index is 14.3. The topological polar surface area (TPSA) is 118 Å². The van der Waals surface area contributed by atoms with Crippen molar-refractivity contribution in [3.63, 3.8) is 0 Å². The number of aliphatic carboxylic acids is 1. The van der Waals surface area contributed by atoms with Crippen molar-refractivity contribution in [2.24, 2.45) is 18.4 Å². The van der Waals surface area contributed by atoms with E-state index in [2.05, 4.69) is 10.3 Å². The third kappa shape index (κ3) is 5.33. The van der Waals surface area contributed by atoms with Crippen molar-refractivity contribution in [1.82, 2.24) is 24.8 Å². The van der Waals surface area contributed by atoms with E-state index in [4.69, 9.17) is 16.3 Å². The second-order valence-corrected chi connectivity index (χ2v) is 12.2. The van der Waals surface area contributed by atoms with Crippen LogP contribution in [0.3, 0.4) is 0 Å². The largest absolute Gasteiger partial charge is 0.487 e. The molecule has 13 heteroatoms. The number of halogens is 3. The van der Waals surface area contributed by atoms with Crippen LogP contribution in [0.1, 0.15) is 87.4 Å². The lowest BCUT2D eigenvalue weighted by Gasteiger charge is -2.45. The van der Waals surface area contributed by atoms with Crippen LogP contribution in [0.4, 0.5) is 8.78 Å². The SMILES string of the molecule is C[C@@H]1CCC(=O)N1C[C@@H]1c2c(OCc3nnn(C)c3C(F)F)ccc(Cl)c2CCN1C(=O)[C@@H]1CCCC[C@]1(C)C(=O)O. The molecule has 2 amide bonds. The molecular weight excluding hydrogens is 572 g/mol. The molecule has 1 aliphatic carbocycles. The first-order chi connectivity index (χ1) is 19.9. The molecule has 2 aliphatic heterocycles. The van der Waals surface area contributed by atoms with E-state index in [1.54, 1.807) is 28.9 Å². The zero-order valence-corrected chi connectivity index (χ0v) is 24.7. The number of likely N-dealkylation sites (tertiary alicyclic amines) is 1. The molecule has 1 saturated carbocycles. The van der Waals surface area contributed by atoms with Crippen LogP contribution in [-0.2, 0) is 34.5 Å². The Morgan fingerprint density at radius 1 is 1.24 bits per heavy atom. The summed E-state index contributed by atoms with van der Waals surface area (Å²) in [6.45, 7) is 3.78. The number of hydrogen-bond acceptors (Lipinski definition) is 6. The molecule has 3 heterocycles. The summed E-state index contributed by atoms with van der Waals surface area (Å²) in [6.07, 6.45) is 1.02. The third-order valence-electron chi connectivity index (χ3n) is 9.36. The van der Waals surface area contributed by atoms with Crippen LogP contribution in [0.2, 0.25) is 5.02 Å². The lowest BCUT2D eigenvalue weighted by molar-refractivity contribution is -0.162. The fourth-order valence-electron chi connectivity index (χ4n) is 6.81. The van der Waals surface area contributed by atoms with Crippen molar-refractivity contribution >= 4 is 29.4 Å². The fourth-order valence-corrected chi connectivity index (χ4v) is 7.07. The Bertz CT molecular complexity index is 1390. The number of hydrogen-bond donors (Lipinski definition) is 1. The van der Waals surface area contributed by atoms with Crippen LogP contribution in [-0.4, -0.2) is 66.8 Å². The summed E-state index contributed by atoms with van der Waals surface area (Å²) < 4.78 is 34.5. The molecule has 3 aliphatic rings. The predicted octanol–water partition coefficient (Wildman–Crippen LogP) is 4.70. The molecule has 4 atom stereocenters. The van der Waals surface area contributed by atoms with E-state index in [-0.39, 0.29) is 42.4 Å². The summed E-state index contributed by atoms with van der Waals surface area (Å²) in [5, 5.41) is 18.2. The average Bonchev–Trinajstić information content (AvgIpc) is 3.49. The maximum absolute atomic E-state index is 14.3. The number of ether oxygens (including phenoxy) is 1. The van der Waals surface area contributed by atoms with Gasteiger partial charge in [0.05, 0.1) is 17.4 Å². The molecule has 10 nitrogen and oxygen atoms in total. The van der Waals surface area contributed by atoms with Gasteiger partial charge in [-0.1, -0.05) is 29.7 Å². The maximum Gasteiger partial charge on any atom is 0.310 e. The molecule has 0 bridgehead atoms. The van der Waals surface area contributed by atoms with Gasteiger partial charge in [0.1, 0.15) is 23.7 Å². The molecule has 1 aromatic heterocycles. The first-order valence-electron chi connectivity index (χ1n) is 14.4. The van der Waals surface area contributed by atoms with E-state index in [9.17, 15) is 28.3 Å². The number of aryl methyl sites for hydroxylation is 1. The van der Waals surface area contributed by atoms with Gasteiger partial charge in [0.15, 0.2) is 0 Å². The Balaban J connectivity index is 1.55. The smallest absolute Gasteiger partial charge is 0.310 e. The lowest BCUT2D eigenvalue weighted by Crippen LogP contribution is -2.53. The molecule has 1 N–H and O–H groups in total. The minimum atomic E-state index is -2.80. The highest BCUT2D eigenvalue weighted by Gasteiger charge is 2.50. The van der Waals surface area contributed by atoms with Crippen molar-refractivity contribution < 1.29 is 33.0 Å². The van der Waals surface area contributed by atoms with Crippen molar-refractivity contribution in [3.8, 4) is 5.75 Å². The van der Waals surface area contributed by atoms with Gasteiger partial charge in [-0.2, -0.15) is 0 Å². The van der Waals surface area contributed by atoms with E-state index < -0.39 is 29.8 Å². The summed E-state index contributed by atoms with van der Waals surface area (Å²) in [4.78, 5) is 43.0. The van der Waals surface area contributed by atoms with Crippen LogP contribution in [0.15, 0.2) is 12.1 Å². The molecule has 0 unspecified atom stereocenters. The molecule has 5 rings (SSSR count). The highest BCUT2D eigenvalue weighted by Crippen LogP contribution is 2.46. The van der Waals surface area contributed by atoms with Gasteiger partial charge in [-0.3, -0.25) is 14.4 Å². The number of carbonyl (C=O) groups excluding carboxylic acids is 2. The number of carbonyl (C=O) groups is 3. The zero-order chi connectivity index (χ0) is 30.3. The number of aromatic nitrogens is 3. The normalized spacial score (nSPS) is 26.1. The Hall–Kier alpha value is -3.28.